The number of aryl methyl sites for hydroxylation is 1. The molecule has 11 heteroatoms. The predicted molar refractivity (Wildman–Crippen MR) is 163 cm³/mol. The first kappa shape index (κ1) is 31.0. The van der Waals surface area contributed by atoms with E-state index in [9.17, 15) is 27.9 Å². The van der Waals surface area contributed by atoms with Crippen LogP contribution in [0.2, 0.25) is 5.02 Å². The van der Waals surface area contributed by atoms with E-state index in [-0.39, 0.29) is 24.6 Å². The largest absolute Gasteiger partial charge is 0.488 e. The molecule has 0 radical (unpaired) electrons. The molecule has 3 aromatic carbocycles. The predicted octanol–water partition coefficient (Wildman–Crippen LogP) is 6.44. The summed E-state index contributed by atoms with van der Waals surface area (Å²) in [6.07, 6.45) is 2.07. The molecule has 3 aromatic rings. The summed E-state index contributed by atoms with van der Waals surface area (Å²) in [7, 11) is 0. The van der Waals surface area contributed by atoms with Crippen LogP contribution in [-0.2, 0) is 17.8 Å². The minimum Gasteiger partial charge on any atom is -0.488 e. The highest BCUT2D eigenvalue weighted by Gasteiger charge is 2.46. The smallest absolute Gasteiger partial charge is 0.408 e. The summed E-state index contributed by atoms with van der Waals surface area (Å²) in [4.78, 5) is 30.1. The van der Waals surface area contributed by atoms with Gasteiger partial charge in [-0.25, -0.2) is 13.6 Å². The number of fused-ring (bicyclic) bond motifs is 2. The molecule has 2 fully saturated rings. The molecule has 0 aromatic heterocycles. The van der Waals surface area contributed by atoms with Crippen molar-refractivity contribution in [3.05, 3.63) is 105 Å². The fraction of sp³-hybridized carbons (Fsp3) is 0.353. The van der Waals surface area contributed by atoms with E-state index in [4.69, 9.17) is 16.3 Å². The van der Waals surface area contributed by atoms with E-state index in [1.165, 1.54) is 4.90 Å². The molecule has 45 heavy (non-hydrogen) atoms. The Morgan fingerprint density at radius 1 is 1.00 bits per heavy atom. The number of halogens is 4. The summed E-state index contributed by atoms with van der Waals surface area (Å²) >= 11 is 6.47. The standard InChI is InChI=1S/C34H33ClF3N3O4/c35-26-6-2-1-5-22(26)19-40(23-11-12-23)33(42)30-25(16-24-17-39-18-29(30)41(24)34(43)44)21-9-7-20(8-10-21)4-3-15-45-32-28(37)14-13-27(36)31(32)38/h1-2,5-10,13-14,23-24,29,39H,3-4,11-12,15-19H2,(H,43,44)/t24-,29-/m1/s1. The lowest BCUT2D eigenvalue weighted by Gasteiger charge is -2.47. The van der Waals surface area contributed by atoms with Crippen LogP contribution < -0.4 is 10.1 Å². The molecule has 2 aliphatic heterocycles. The molecule has 2 bridgehead atoms. The van der Waals surface area contributed by atoms with Gasteiger partial charge in [0.05, 0.1) is 18.7 Å². The molecule has 7 nitrogen and oxygen atoms in total. The molecule has 0 spiro atoms. The number of carbonyl (C=O) groups is 2. The molecule has 2 heterocycles. The van der Waals surface area contributed by atoms with Gasteiger partial charge < -0.3 is 20.1 Å². The molecule has 0 unspecified atom stereocenters. The van der Waals surface area contributed by atoms with Crippen LogP contribution in [0.3, 0.4) is 0 Å². The second-order valence-electron chi connectivity index (χ2n) is 11.7. The number of piperazine rings is 1. The summed E-state index contributed by atoms with van der Waals surface area (Å²) in [5, 5.41) is 14.0. The molecular weight excluding hydrogens is 607 g/mol. The average Bonchev–Trinajstić information content (AvgIpc) is 3.87. The zero-order valence-electron chi connectivity index (χ0n) is 24.4. The average molecular weight is 640 g/mol. The molecule has 236 valence electrons. The van der Waals surface area contributed by atoms with Gasteiger partial charge in [-0.05, 0) is 72.6 Å². The third-order valence-electron chi connectivity index (χ3n) is 8.70. The number of rotatable bonds is 10. The van der Waals surface area contributed by atoms with Crippen molar-refractivity contribution in [2.45, 2.75) is 56.8 Å². The van der Waals surface area contributed by atoms with Gasteiger partial charge in [0.25, 0.3) is 5.91 Å². The summed E-state index contributed by atoms with van der Waals surface area (Å²) in [5.74, 6) is -4.38. The quantitative estimate of drug-likeness (QED) is 0.197. The van der Waals surface area contributed by atoms with Crippen LogP contribution in [-0.4, -0.2) is 64.7 Å². The fourth-order valence-corrected chi connectivity index (χ4v) is 6.51. The van der Waals surface area contributed by atoms with Crippen molar-refractivity contribution < 1.29 is 32.6 Å². The van der Waals surface area contributed by atoms with Crippen molar-refractivity contribution in [3.63, 3.8) is 0 Å². The first-order valence-electron chi connectivity index (χ1n) is 15.1. The molecular formula is C34H33ClF3N3O4. The van der Waals surface area contributed by atoms with Crippen LogP contribution in [0.1, 0.15) is 42.4 Å². The third-order valence-corrected chi connectivity index (χ3v) is 9.07. The normalized spacial score (nSPS) is 19.4. The lowest BCUT2D eigenvalue weighted by atomic mass is 9.81. The van der Waals surface area contributed by atoms with E-state index in [1.54, 1.807) is 6.07 Å². The van der Waals surface area contributed by atoms with E-state index < -0.39 is 35.3 Å². The van der Waals surface area contributed by atoms with E-state index in [1.807, 2.05) is 47.4 Å². The highest BCUT2D eigenvalue weighted by Crippen LogP contribution is 2.40. The zero-order valence-corrected chi connectivity index (χ0v) is 25.2. The maximum absolute atomic E-state index is 14.5. The number of ether oxygens (including phenoxy) is 1. The number of carbonyl (C=O) groups excluding carboxylic acids is 1. The van der Waals surface area contributed by atoms with Crippen LogP contribution in [0.5, 0.6) is 5.75 Å². The Hall–Kier alpha value is -4.02. The van der Waals surface area contributed by atoms with Crippen molar-refractivity contribution >= 4 is 29.2 Å². The van der Waals surface area contributed by atoms with Gasteiger partial charge in [-0.1, -0.05) is 54.1 Å². The van der Waals surface area contributed by atoms with Crippen LogP contribution in [0.25, 0.3) is 5.57 Å². The third kappa shape index (κ3) is 6.53. The topological polar surface area (TPSA) is 82.1 Å². The number of amides is 2. The van der Waals surface area contributed by atoms with E-state index >= 15 is 0 Å². The SMILES string of the molecule is O=C(C1=C(c2ccc(CCCOc3c(F)ccc(F)c3F)cc2)C[C@@H]2CNC[C@H]1N2C(=O)O)N(Cc1ccccc1Cl)C1CC1. The van der Waals surface area contributed by atoms with E-state index in [0.717, 1.165) is 41.2 Å². The summed E-state index contributed by atoms with van der Waals surface area (Å²) < 4.78 is 46.4. The van der Waals surface area contributed by atoms with Gasteiger partial charge in [0, 0.05) is 36.3 Å². The van der Waals surface area contributed by atoms with Crippen LogP contribution >= 0.6 is 11.6 Å². The van der Waals surface area contributed by atoms with Crippen molar-refractivity contribution in [2.24, 2.45) is 0 Å². The number of carboxylic acid groups (broad SMARTS) is 1. The Morgan fingerprint density at radius 3 is 2.44 bits per heavy atom. The minimum atomic E-state index is -1.35. The molecule has 2 amide bonds. The highest BCUT2D eigenvalue weighted by molar-refractivity contribution is 6.31. The fourth-order valence-electron chi connectivity index (χ4n) is 6.31. The van der Waals surface area contributed by atoms with Gasteiger partial charge in [0.2, 0.25) is 5.82 Å². The zero-order chi connectivity index (χ0) is 31.7. The maximum atomic E-state index is 14.5. The Labute approximate surface area is 264 Å². The Balaban J connectivity index is 1.25. The number of hydrogen-bond acceptors (Lipinski definition) is 4. The van der Waals surface area contributed by atoms with Gasteiger partial charge in [-0.2, -0.15) is 4.39 Å². The number of nitrogens with one attached hydrogen (secondary N) is 1. The van der Waals surface area contributed by atoms with Crippen LogP contribution in [0, 0.1) is 17.5 Å². The monoisotopic (exact) mass is 639 g/mol. The van der Waals surface area contributed by atoms with Gasteiger partial charge in [-0.3, -0.25) is 9.69 Å². The first-order valence-corrected chi connectivity index (χ1v) is 15.5. The van der Waals surface area contributed by atoms with Gasteiger partial charge in [-0.15, -0.1) is 0 Å². The van der Waals surface area contributed by atoms with Crippen molar-refractivity contribution in [3.8, 4) is 5.75 Å². The maximum Gasteiger partial charge on any atom is 0.408 e. The van der Waals surface area contributed by atoms with E-state index in [2.05, 4.69) is 5.32 Å². The molecule has 1 aliphatic carbocycles. The molecule has 1 saturated carbocycles. The Bertz CT molecular complexity index is 1630. The number of nitrogens with zero attached hydrogens (tertiary/aromatic N) is 2. The lowest BCUT2D eigenvalue weighted by Crippen LogP contribution is -2.63. The second-order valence-corrected chi connectivity index (χ2v) is 12.1. The van der Waals surface area contributed by atoms with Crippen LogP contribution in [0.4, 0.5) is 18.0 Å². The lowest BCUT2D eigenvalue weighted by molar-refractivity contribution is -0.129. The van der Waals surface area contributed by atoms with Gasteiger partial charge >= 0.3 is 6.09 Å². The molecule has 2 N–H and O–H groups in total. The minimum absolute atomic E-state index is 0.00728. The molecule has 2 atom stereocenters. The first-order chi connectivity index (χ1) is 21.7. The van der Waals surface area contributed by atoms with Crippen molar-refractivity contribution in [1.82, 2.24) is 15.1 Å². The van der Waals surface area contributed by atoms with Crippen molar-refractivity contribution in [2.75, 3.05) is 19.7 Å². The Kier molecular flexibility index (Phi) is 9.05. The highest BCUT2D eigenvalue weighted by atomic mass is 35.5. The second kappa shape index (κ2) is 13.1. The number of hydrogen-bond donors (Lipinski definition) is 2. The number of benzene rings is 3. The van der Waals surface area contributed by atoms with E-state index in [0.29, 0.717) is 55.6 Å². The summed E-state index contributed by atoms with van der Waals surface area (Å²) in [6, 6.07) is 15.8. The van der Waals surface area contributed by atoms with Gasteiger partial charge in [0.15, 0.2) is 17.4 Å². The molecule has 6 rings (SSSR count). The Morgan fingerprint density at radius 2 is 1.73 bits per heavy atom. The summed E-state index contributed by atoms with van der Waals surface area (Å²) in [5.41, 5.74) is 3.95. The van der Waals surface area contributed by atoms with Crippen LogP contribution in [0.15, 0.2) is 66.2 Å². The van der Waals surface area contributed by atoms with Gasteiger partial charge in [0.1, 0.15) is 0 Å². The summed E-state index contributed by atoms with van der Waals surface area (Å²) in [6.45, 7) is 1.15. The van der Waals surface area contributed by atoms with Crippen molar-refractivity contribution in [1.29, 1.82) is 0 Å². The molecule has 1 saturated heterocycles. The molecule has 3 aliphatic rings.